The first-order valence-electron chi connectivity index (χ1n) is 8.68. The summed E-state index contributed by atoms with van der Waals surface area (Å²) in [6, 6.07) is 11.4. The van der Waals surface area contributed by atoms with Crippen LogP contribution in [-0.4, -0.2) is 41.1 Å². The van der Waals surface area contributed by atoms with Crippen LogP contribution in [-0.2, 0) is 10.0 Å². The number of sulfonamides is 1. The van der Waals surface area contributed by atoms with Gasteiger partial charge in [0.25, 0.3) is 15.9 Å². The van der Waals surface area contributed by atoms with Crippen LogP contribution in [0.2, 0.25) is 0 Å². The van der Waals surface area contributed by atoms with Gasteiger partial charge in [0.2, 0.25) is 0 Å². The molecule has 0 bridgehead atoms. The maximum atomic E-state index is 12.7. The van der Waals surface area contributed by atoms with Crippen LogP contribution in [0.5, 0.6) is 0 Å². The maximum Gasteiger partial charge on any atom is 0.264 e. The largest absolute Gasteiger partial charge is 0.339 e. The molecule has 2 heterocycles. The number of piperidine rings is 1. The highest BCUT2D eigenvalue weighted by atomic mass is 32.2. The number of hydrogen-bond acceptors (Lipinski definition) is 6. The average Bonchev–Trinajstić information content (AvgIpc) is 3.17. The van der Waals surface area contributed by atoms with E-state index in [1.54, 1.807) is 36.4 Å². The summed E-state index contributed by atoms with van der Waals surface area (Å²) in [6.45, 7) is 1.55. The lowest BCUT2D eigenvalue weighted by atomic mass is 10.1. The van der Waals surface area contributed by atoms with Crippen molar-refractivity contribution >= 4 is 44.4 Å². The Morgan fingerprint density at radius 2 is 1.74 bits per heavy atom. The van der Waals surface area contributed by atoms with Gasteiger partial charge in [0.1, 0.15) is 15.9 Å². The van der Waals surface area contributed by atoms with Crippen LogP contribution in [0, 0.1) is 0 Å². The third-order valence-corrected chi connectivity index (χ3v) is 6.52. The van der Waals surface area contributed by atoms with Crippen LogP contribution < -0.4 is 4.72 Å². The number of likely N-dealkylation sites (tertiary alicyclic amines) is 1. The second-order valence-electron chi connectivity index (χ2n) is 6.42. The minimum Gasteiger partial charge on any atom is -0.339 e. The van der Waals surface area contributed by atoms with Crippen LogP contribution in [0.4, 0.5) is 5.69 Å². The second-order valence-corrected chi connectivity index (χ2v) is 8.60. The monoisotopic (exact) mass is 402 g/mol. The molecule has 140 valence electrons. The second kappa shape index (κ2) is 7.24. The average molecular weight is 403 g/mol. The molecule has 9 heteroatoms. The van der Waals surface area contributed by atoms with E-state index < -0.39 is 10.0 Å². The summed E-state index contributed by atoms with van der Waals surface area (Å²) in [4.78, 5) is 14.4. The van der Waals surface area contributed by atoms with Crippen LogP contribution in [0.3, 0.4) is 0 Å². The molecule has 1 aliphatic rings. The third-order valence-electron chi connectivity index (χ3n) is 4.57. The zero-order valence-electron chi connectivity index (χ0n) is 14.5. The molecule has 0 unspecified atom stereocenters. The number of aromatic nitrogens is 2. The highest BCUT2D eigenvalue weighted by Gasteiger charge is 2.21. The number of rotatable bonds is 4. The number of carbonyl (C=O) groups is 1. The molecule has 0 aliphatic carbocycles. The third kappa shape index (κ3) is 3.65. The Hall–Kier alpha value is -2.52. The fraction of sp³-hybridized carbons (Fsp3) is 0.278. The standard InChI is InChI=1S/C18H18N4O3S2/c23-18(22-11-2-1-3-12-22)13-7-9-14(10-8-13)21-27(24,25)16-6-4-5-15-17(16)20-26-19-15/h4-10,21H,1-3,11-12H2. The highest BCUT2D eigenvalue weighted by Crippen LogP contribution is 2.24. The number of fused-ring (bicyclic) bond motifs is 1. The number of nitrogens with zero attached hydrogens (tertiary/aromatic N) is 3. The molecule has 1 N–H and O–H groups in total. The summed E-state index contributed by atoms with van der Waals surface area (Å²) < 4.78 is 36.2. The number of anilines is 1. The van der Waals surface area contributed by atoms with Crippen molar-refractivity contribution in [2.45, 2.75) is 24.2 Å². The molecule has 0 atom stereocenters. The van der Waals surface area contributed by atoms with E-state index in [9.17, 15) is 13.2 Å². The van der Waals surface area contributed by atoms with Gasteiger partial charge in [-0.05, 0) is 55.7 Å². The lowest BCUT2D eigenvalue weighted by Crippen LogP contribution is -2.35. The van der Waals surface area contributed by atoms with Crippen LogP contribution in [0.1, 0.15) is 29.6 Å². The Kier molecular flexibility index (Phi) is 4.79. The fourth-order valence-electron chi connectivity index (χ4n) is 3.17. The van der Waals surface area contributed by atoms with E-state index in [0.29, 0.717) is 22.3 Å². The van der Waals surface area contributed by atoms with Crippen molar-refractivity contribution in [2.24, 2.45) is 0 Å². The Bertz CT molecular complexity index is 1070. The van der Waals surface area contributed by atoms with Gasteiger partial charge in [-0.15, -0.1) is 0 Å². The van der Waals surface area contributed by atoms with Gasteiger partial charge >= 0.3 is 0 Å². The van der Waals surface area contributed by atoms with Crippen LogP contribution in [0.25, 0.3) is 11.0 Å². The predicted molar refractivity (Wildman–Crippen MR) is 104 cm³/mol. The molecule has 0 saturated carbocycles. The van der Waals surface area contributed by atoms with Crippen LogP contribution in [0.15, 0.2) is 47.4 Å². The van der Waals surface area contributed by atoms with Gasteiger partial charge in [0, 0.05) is 24.3 Å². The van der Waals surface area contributed by atoms with Crippen molar-refractivity contribution in [1.82, 2.24) is 13.6 Å². The summed E-state index contributed by atoms with van der Waals surface area (Å²) in [5, 5.41) is 0. The molecule has 27 heavy (non-hydrogen) atoms. The minimum atomic E-state index is -3.80. The molecule has 2 aromatic carbocycles. The van der Waals surface area contributed by atoms with E-state index in [1.807, 2.05) is 4.90 Å². The molecule has 1 aliphatic heterocycles. The Morgan fingerprint density at radius 1 is 1.00 bits per heavy atom. The van der Waals surface area contributed by atoms with E-state index in [0.717, 1.165) is 44.1 Å². The molecule has 4 rings (SSSR count). The Labute approximate surface area is 161 Å². The van der Waals surface area contributed by atoms with Crippen molar-refractivity contribution in [3.8, 4) is 0 Å². The first-order chi connectivity index (χ1) is 13.0. The summed E-state index contributed by atoms with van der Waals surface area (Å²) >= 11 is 0.974. The molecule has 0 spiro atoms. The van der Waals surface area contributed by atoms with Gasteiger partial charge < -0.3 is 4.90 Å². The van der Waals surface area contributed by atoms with E-state index in [1.165, 1.54) is 6.07 Å². The van der Waals surface area contributed by atoms with Gasteiger partial charge in [-0.2, -0.15) is 8.75 Å². The van der Waals surface area contributed by atoms with E-state index in [4.69, 9.17) is 0 Å². The zero-order valence-corrected chi connectivity index (χ0v) is 16.1. The van der Waals surface area contributed by atoms with E-state index in [2.05, 4.69) is 13.5 Å². The molecular formula is C18H18N4O3S2. The Balaban J connectivity index is 1.54. The molecular weight excluding hydrogens is 384 g/mol. The first kappa shape index (κ1) is 17.9. The molecule has 3 aromatic rings. The summed E-state index contributed by atoms with van der Waals surface area (Å²) in [5.74, 6) is -0.0116. The van der Waals surface area contributed by atoms with Crippen molar-refractivity contribution in [3.63, 3.8) is 0 Å². The van der Waals surface area contributed by atoms with Gasteiger partial charge in [0.15, 0.2) is 0 Å². The molecule has 1 fully saturated rings. The minimum absolute atomic E-state index is 0.0116. The predicted octanol–water partition coefficient (Wildman–Crippen LogP) is 3.12. The smallest absolute Gasteiger partial charge is 0.264 e. The zero-order chi connectivity index (χ0) is 18.9. The number of carbonyl (C=O) groups excluding carboxylic acids is 1. The van der Waals surface area contributed by atoms with E-state index in [-0.39, 0.29) is 10.8 Å². The maximum absolute atomic E-state index is 12.7. The normalized spacial score (nSPS) is 15.0. The number of hydrogen-bond donors (Lipinski definition) is 1. The lowest BCUT2D eigenvalue weighted by Gasteiger charge is -2.26. The Morgan fingerprint density at radius 3 is 2.48 bits per heavy atom. The number of nitrogens with one attached hydrogen (secondary N) is 1. The van der Waals surface area contributed by atoms with Gasteiger partial charge in [-0.3, -0.25) is 9.52 Å². The van der Waals surface area contributed by atoms with E-state index >= 15 is 0 Å². The molecule has 1 aromatic heterocycles. The summed E-state index contributed by atoms with van der Waals surface area (Å²) in [6.07, 6.45) is 3.22. The van der Waals surface area contributed by atoms with Crippen molar-refractivity contribution in [3.05, 3.63) is 48.0 Å². The SMILES string of the molecule is O=C(c1ccc(NS(=O)(=O)c2cccc3nsnc23)cc1)N1CCCCC1. The summed E-state index contributed by atoms with van der Waals surface area (Å²) in [7, 11) is -3.80. The molecule has 7 nitrogen and oxygen atoms in total. The number of amides is 1. The molecule has 1 amide bonds. The topological polar surface area (TPSA) is 92.3 Å². The highest BCUT2D eigenvalue weighted by molar-refractivity contribution is 7.93. The number of benzene rings is 2. The van der Waals surface area contributed by atoms with Gasteiger partial charge in [-0.25, -0.2) is 8.42 Å². The van der Waals surface area contributed by atoms with Crippen molar-refractivity contribution in [2.75, 3.05) is 17.8 Å². The van der Waals surface area contributed by atoms with Crippen LogP contribution >= 0.6 is 11.7 Å². The van der Waals surface area contributed by atoms with Gasteiger partial charge in [0.05, 0.1) is 11.7 Å². The molecule has 0 radical (unpaired) electrons. The fourth-order valence-corrected chi connectivity index (χ4v) is 5.00. The van der Waals surface area contributed by atoms with Gasteiger partial charge in [-0.1, -0.05) is 6.07 Å². The quantitative estimate of drug-likeness (QED) is 0.724. The lowest BCUT2D eigenvalue weighted by molar-refractivity contribution is 0.0724. The molecule has 1 saturated heterocycles. The first-order valence-corrected chi connectivity index (χ1v) is 10.9. The summed E-state index contributed by atoms with van der Waals surface area (Å²) in [5.41, 5.74) is 1.85. The van der Waals surface area contributed by atoms with Crippen molar-refractivity contribution < 1.29 is 13.2 Å². The van der Waals surface area contributed by atoms with Crippen molar-refractivity contribution in [1.29, 1.82) is 0 Å².